The van der Waals surface area contributed by atoms with Gasteiger partial charge in [-0.1, -0.05) is 48.5 Å². The summed E-state index contributed by atoms with van der Waals surface area (Å²) in [6.07, 6.45) is 1.45. The third-order valence-corrected chi connectivity index (χ3v) is 4.80. The third-order valence-electron chi connectivity index (χ3n) is 3.84. The fraction of sp³-hybridized carbons (Fsp3) is 0.412. The monoisotopic (exact) mass is 315 g/mol. The van der Waals surface area contributed by atoms with Crippen molar-refractivity contribution in [3.05, 3.63) is 35.5 Å². The Hall–Kier alpha value is -1.75. The highest BCUT2D eigenvalue weighted by Gasteiger charge is 2.22. The molecule has 1 aliphatic heterocycles. The Kier molecular flexibility index (Phi) is 4.52. The number of amides is 1. The van der Waals surface area contributed by atoms with Crippen LogP contribution in [0.4, 0.5) is 0 Å². The Balaban J connectivity index is 1.90. The van der Waals surface area contributed by atoms with E-state index in [-0.39, 0.29) is 5.91 Å². The highest BCUT2D eigenvalue weighted by atomic mass is 32.2. The number of benzene rings is 1. The van der Waals surface area contributed by atoms with Gasteiger partial charge in [-0.25, -0.2) is 4.98 Å². The molecule has 1 aromatic heterocycles. The van der Waals surface area contributed by atoms with Gasteiger partial charge in [0.1, 0.15) is 0 Å². The molecule has 22 heavy (non-hydrogen) atoms. The van der Waals surface area contributed by atoms with Crippen LogP contribution in [-0.4, -0.2) is 21.2 Å². The molecule has 0 unspecified atom stereocenters. The van der Waals surface area contributed by atoms with Gasteiger partial charge in [-0.3, -0.25) is 4.79 Å². The highest BCUT2D eigenvalue weighted by molar-refractivity contribution is 7.99. The molecule has 5 heteroatoms. The van der Waals surface area contributed by atoms with E-state index in [1.165, 1.54) is 5.56 Å². The van der Waals surface area contributed by atoms with Crippen LogP contribution in [0.2, 0.25) is 0 Å². The molecule has 1 amide bonds. The number of carbonyl (C=O) groups excluding carboxylic acids is 1. The first kappa shape index (κ1) is 15.2. The molecular formula is C17H21N3OS. The van der Waals surface area contributed by atoms with E-state index >= 15 is 0 Å². The molecule has 0 bridgehead atoms. The fourth-order valence-corrected chi connectivity index (χ4v) is 3.62. The van der Waals surface area contributed by atoms with Crippen LogP contribution in [0, 0.1) is 6.92 Å². The van der Waals surface area contributed by atoms with Crippen molar-refractivity contribution >= 4 is 17.7 Å². The lowest BCUT2D eigenvalue weighted by Gasteiger charge is -2.09. The number of nitrogens with one attached hydrogen (secondary N) is 1. The van der Waals surface area contributed by atoms with E-state index in [0.29, 0.717) is 13.0 Å². The van der Waals surface area contributed by atoms with Gasteiger partial charge < -0.3 is 9.88 Å². The smallest absolute Gasteiger partial charge is 0.220 e. The molecule has 0 atom stereocenters. The summed E-state index contributed by atoms with van der Waals surface area (Å²) in [5.74, 6) is 1.17. The minimum absolute atomic E-state index is 0.110. The first-order chi connectivity index (χ1) is 10.7. The molecule has 4 nitrogen and oxygen atoms in total. The average molecular weight is 315 g/mol. The summed E-state index contributed by atoms with van der Waals surface area (Å²) in [7, 11) is 0. The summed E-state index contributed by atoms with van der Waals surface area (Å²) in [6, 6.07) is 8.42. The second-order valence-corrected chi connectivity index (χ2v) is 6.64. The third kappa shape index (κ3) is 3.04. The lowest BCUT2D eigenvalue weighted by atomic mass is 10.1. The Bertz CT molecular complexity index is 676. The zero-order chi connectivity index (χ0) is 15.5. The van der Waals surface area contributed by atoms with Crippen molar-refractivity contribution in [2.45, 2.75) is 44.9 Å². The summed E-state index contributed by atoms with van der Waals surface area (Å²) in [5.41, 5.74) is 4.47. The molecule has 2 heterocycles. The second kappa shape index (κ2) is 6.57. The predicted molar refractivity (Wildman–Crippen MR) is 89.9 cm³/mol. The average Bonchev–Trinajstić information content (AvgIpc) is 3.07. The molecule has 1 N–H and O–H groups in total. The van der Waals surface area contributed by atoms with Crippen LogP contribution in [0.5, 0.6) is 0 Å². The summed E-state index contributed by atoms with van der Waals surface area (Å²) >= 11 is 1.78. The highest BCUT2D eigenvalue weighted by Crippen LogP contribution is 2.33. The largest absolute Gasteiger partial charge is 0.350 e. The number of aromatic nitrogens is 2. The Morgan fingerprint density at radius 2 is 2.14 bits per heavy atom. The van der Waals surface area contributed by atoms with E-state index in [9.17, 15) is 4.79 Å². The van der Waals surface area contributed by atoms with Crippen molar-refractivity contribution in [2.75, 3.05) is 5.75 Å². The Morgan fingerprint density at radius 1 is 1.36 bits per heavy atom. The normalized spacial score (nSPS) is 13.2. The van der Waals surface area contributed by atoms with Crippen molar-refractivity contribution in [3.63, 3.8) is 0 Å². The van der Waals surface area contributed by atoms with Crippen LogP contribution in [-0.2, 0) is 17.9 Å². The van der Waals surface area contributed by atoms with Crippen LogP contribution in [0.1, 0.15) is 31.0 Å². The van der Waals surface area contributed by atoms with Crippen molar-refractivity contribution in [1.29, 1.82) is 0 Å². The van der Waals surface area contributed by atoms with E-state index in [4.69, 9.17) is 4.98 Å². The first-order valence-corrected chi connectivity index (χ1v) is 8.73. The molecule has 1 aliphatic rings. The van der Waals surface area contributed by atoms with Crippen molar-refractivity contribution < 1.29 is 4.79 Å². The predicted octanol–water partition coefficient (Wildman–Crippen LogP) is 3.38. The van der Waals surface area contributed by atoms with E-state index in [1.807, 2.05) is 6.92 Å². The number of rotatable bonds is 5. The van der Waals surface area contributed by atoms with Crippen LogP contribution in [0.3, 0.4) is 0 Å². The Morgan fingerprint density at radius 3 is 2.86 bits per heavy atom. The minimum Gasteiger partial charge on any atom is -0.350 e. The molecule has 2 aromatic rings. The summed E-state index contributed by atoms with van der Waals surface area (Å²) < 4.78 is 2.24. The lowest BCUT2D eigenvalue weighted by Crippen LogP contribution is -2.24. The van der Waals surface area contributed by atoms with Gasteiger partial charge in [0.2, 0.25) is 5.91 Å². The maximum atomic E-state index is 11.8. The van der Waals surface area contributed by atoms with Crippen molar-refractivity contribution in [1.82, 2.24) is 14.9 Å². The van der Waals surface area contributed by atoms with Gasteiger partial charge in [0.15, 0.2) is 5.16 Å². The number of fused-ring (bicyclic) bond motifs is 1. The second-order valence-electron chi connectivity index (χ2n) is 5.58. The van der Waals surface area contributed by atoms with E-state index < -0.39 is 0 Å². The first-order valence-electron chi connectivity index (χ1n) is 7.75. The van der Waals surface area contributed by atoms with E-state index in [2.05, 4.69) is 41.1 Å². The quantitative estimate of drug-likeness (QED) is 0.920. The van der Waals surface area contributed by atoms with Gasteiger partial charge >= 0.3 is 0 Å². The zero-order valence-electron chi connectivity index (χ0n) is 13.1. The van der Waals surface area contributed by atoms with E-state index in [1.54, 1.807) is 11.8 Å². The summed E-state index contributed by atoms with van der Waals surface area (Å²) in [4.78, 5) is 16.6. The summed E-state index contributed by atoms with van der Waals surface area (Å²) in [6.45, 7) is 5.62. The lowest BCUT2D eigenvalue weighted by molar-refractivity contribution is -0.121. The number of aryl methyl sites for hydroxylation is 1. The van der Waals surface area contributed by atoms with Gasteiger partial charge in [-0.05, 0) is 13.3 Å². The fourth-order valence-electron chi connectivity index (χ4n) is 2.65. The minimum atomic E-state index is 0.110. The molecule has 116 valence electrons. The van der Waals surface area contributed by atoms with Gasteiger partial charge in [0, 0.05) is 24.3 Å². The molecule has 0 radical (unpaired) electrons. The topological polar surface area (TPSA) is 46.9 Å². The molecule has 0 spiro atoms. The van der Waals surface area contributed by atoms with Gasteiger partial charge in [-0.15, -0.1) is 0 Å². The number of imidazole rings is 1. The van der Waals surface area contributed by atoms with Gasteiger partial charge in [-0.2, -0.15) is 0 Å². The van der Waals surface area contributed by atoms with Crippen molar-refractivity contribution in [2.24, 2.45) is 0 Å². The molecule has 0 fully saturated rings. The molecule has 1 aromatic carbocycles. The number of carbonyl (C=O) groups is 1. The van der Waals surface area contributed by atoms with Gasteiger partial charge in [0.25, 0.3) is 0 Å². The van der Waals surface area contributed by atoms with E-state index in [0.717, 1.165) is 40.8 Å². The van der Waals surface area contributed by atoms with Gasteiger partial charge in [0.05, 0.1) is 17.9 Å². The number of hydrogen-bond donors (Lipinski definition) is 1. The maximum Gasteiger partial charge on any atom is 0.220 e. The number of thioether (sulfide) groups is 1. The molecule has 3 rings (SSSR count). The van der Waals surface area contributed by atoms with Crippen LogP contribution < -0.4 is 5.32 Å². The van der Waals surface area contributed by atoms with Crippen molar-refractivity contribution in [3.8, 4) is 11.3 Å². The molecule has 0 saturated carbocycles. The summed E-state index contributed by atoms with van der Waals surface area (Å²) in [5, 5.41) is 4.09. The zero-order valence-corrected chi connectivity index (χ0v) is 13.9. The number of hydrogen-bond acceptors (Lipinski definition) is 3. The maximum absolute atomic E-state index is 11.8. The SMILES string of the molecule is CCCC(=O)NCc1c(-c2ccc(C)cc2)nc2n1CCS2. The molecule has 0 aliphatic carbocycles. The molecular weight excluding hydrogens is 294 g/mol. The van der Waals surface area contributed by atoms with Crippen LogP contribution in [0.15, 0.2) is 29.4 Å². The standard InChI is InChI=1S/C17H21N3OS/c1-3-4-15(21)18-11-14-16(13-7-5-12(2)6-8-13)19-17-20(14)9-10-22-17/h5-8H,3-4,9-11H2,1-2H3,(H,18,21). The molecule has 0 saturated heterocycles. The Labute approximate surface area is 135 Å². The number of nitrogens with zero attached hydrogens (tertiary/aromatic N) is 2. The van der Waals surface area contributed by atoms with Crippen LogP contribution >= 0.6 is 11.8 Å². The van der Waals surface area contributed by atoms with Crippen LogP contribution in [0.25, 0.3) is 11.3 Å².